The van der Waals surface area contributed by atoms with E-state index in [2.05, 4.69) is 37.9 Å². The van der Waals surface area contributed by atoms with Crippen molar-refractivity contribution in [1.82, 2.24) is 10.2 Å². The van der Waals surface area contributed by atoms with Crippen molar-refractivity contribution in [1.29, 1.82) is 0 Å². The van der Waals surface area contributed by atoms with E-state index in [1.807, 2.05) is 0 Å². The smallest absolute Gasteiger partial charge is 0.0654 e. The maximum atomic E-state index is 5.94. The number of ether oxygens (including phenoxy) is 1. The normalized spacial score (nSPS) is 32.7. The van der Waals surface area contributed by atoms with Crippen molar-refractivity contribution in [3.8, 4) is 0 Å². The first-order valence-electron chi connectivity index (χ1n) is 7.65. The second kappa shape index (κ2) is 5.89. The molecule has 3 nitrogen and oxygen atoms in total. The van der Waals surface area contributed by atoms with Gasteiger partial charge in [0.2, 0.25) is 0 Å². The van der Waals surface area contributed by atoms with Gasteiger partial charge in [-0.2, -0.15) is 0 Å². The zero-order valence-electron chi connectivity index (χ0n) is 12.5. The van der Waals surface area contributed by atoms with Crippen LogP contribution in [0.1, 0.15) is 53.4 Å². The van der Waals surface area contributed by atoms with Gasteiger partial charge in [-0.05, 0) is 46.1 Å². The average Bonchev–Trinajstić information content (AvgIpc) is 2.82. The van der Waals surface area contributed by atoms with E-state index in [9.17, 15) is 0 Å². The third kappa shape index (κ3) is 3.06. The molecule has 0 aliphatic carbocycles. The first-order chi connectivity index (χ1) is 8.53. The van der Waals surface area contributed by atoms with Crippen molar-refractivity contribution >= 4 is 0 Å². The van der Waals surface area contributed by atoms with Crippen LogP contribution in [0, 0.1) is 0 Å². The fraction of sp³-hybridized carbons (Fsp3) is 1.00. The minimum atomic E-state index is 0.356. The molecule has 2 aliphatic rings. The Bertz CT molecular complexity index is 267. The number of nitrogens with zero attached hydrogens (tertiary/aromatic N) is 1. The molecule has 2 heterocycles. The van der Waals surface area contributed by atoms with Crippen LogP contribution in [0.2, 0.25) is 0 Å². The lowest BCUT2D eigenvalue weighted by atomic mass is 9.95. The SMILES string of the molecule is CC(C)NCC1CCC2(COC(C)C)CCCN12. The predicted octanol–water partition coefficient (Wildman–Crippen LogP) is 2.41. The Balaban J connectivity index is 1.91. The predicted molar refractivity (Wildman–Crippen MR) is 75.9 cm³/mol. The molecular formula is C15H30N2O. The quantitative estimate of drug-likeness (QED) is 0.788. The van der Waals surface area contributed by atoms with Gasteiger partial charge < -0.3 is 10.1 Å². The van der Waals surface area contributed by atoms with Crippen LogP contribution in [0.3, 0.4) is 0 Å². The molecule has 0 aromatic heterocycles. The molecule has 0 saturated carbocycles. The fourth-order valence-corrected chi connectivity index (χ4v) is 3.52. The Labute approximate surface area is 112 Å². The van der Waals surface area contributed by atoms with Crippen LogP contribution in [0.5, 0.6) is 0 Å². The minimum Gasteiger partial charge on any atom is -0.377 e. The average molecular weight is 254 g/mol. The zero-order chi connectivity index (χ0) is 13.2. The van der Waals surface area contributed by atoms with Crippen LogP contribution in [0.15, 0.2) is 0 Å². The van der Waals surface area contributed by atoms with Crippen LogP contribution in [0.4, 0.5) is 0 Å². The fourth-order valence-electron chi connectivity index (χ4n) is 3.52. The van der Waals surface area contributed by atoms with E-state index >= 15 is 0 Å². The molecule has 1 N–H and O–H groups in total. The Morgan fingerprint density at radius 1 is 1.28 bits per heavy atom. The van der Waals surface area contributed by atoms with Crippen molar-refractivity contribution in [3.05, 3.63) is 0 Å². The Morgan fingerprint density at radius 2 is 2.06 bits per heavy atom. The summed E-state index contributed by atoms with van der Waals surface area (Å²) in [4.78, 5) is 2.74. The highest BCUT2D eigenvalue weighted by Gasteiger charge is 2.49. The lowest BCUT2D eigenvalue weighted by molar-refractivity contribution is -0.00501. The van der Waals surface area contributed by atoms with Crippen molar-refractivity contribution in [2.24, 2.45) is 0 Å². The Morgan fingerprint density at radius 3 is 2.72 bits per heavy atom. The van der Waals surface area contributed by atoms with Crippen molar-refractivity contribution < 1.29 is 4.74 Å². The number of nitrogens with one attached hydrogen (secondary N) is 1. The molecule has 2 fully saturated rings. The van der Waals surface area contributed by atoms with Gasteiger partial charge in [0.1, 0.15) is 0 Å². The minimum absolute atomic E-state index is 0.356. The van der Waals surface area contributed by atoms with Gasteiger partial charge in [0.15, 0.2) is 0 Å². The molecule has 0 aromatic carbocycles. The van der Waals surface area contributed by atoms with E-state index in [4.69, 9.17) is 4.74 Å². The zero-order valence-corrected chi connectivity index (χ0v) is 12.5. The van der Waals surface area contributed by atoms with Gasteiger partial charge in [0, 0.05) is 24.2 Å². The molecule has 2 rings (SSSR count). The maximum Gasteiger partial charge on any atom is 0.0654 e. The summed E-state index contributed by atoms with van der Waals surface area (Å²) in [6, 6.07) is 1.32. The van der Waals surface area contributed by atoms with Gasteiger partial charge in [0.25, 0.3) is 0 Å². The lowest BCUT2D eigenvalue weighted by Gasteiger charge is -2.35. The lowest BCUT2D eigenvalue weighted by Crippen LogP contribution is -2.49. The van der Waals surface area contributed by atoms with Crippen LogP contribution < -0.4 is 5.32 Å². The molecule has 106 valence electrons. The molecule has 0 radical (unpaired) electrons. The monoisotopic (exact) mass is 254 g/mol. The van der Waals surface area contributed by atoms with Gasteiger partial charge >= 0.3 is 0 Å². The first-order valence-corrected chi connectivity index (χ1v) is 7.65. The van der Waals surface area contributed by atoms with Gasteiger partial charge in [-0.15, -0.1) is 0 Å². The van der Waals surface area contributed by atoms with E-state index in [1.54, 1.807) is 0 Å². The largest absolute Gasteiger partial charge is 0.377 e. The molecule has 0 bridgehead atoms. The molecule has 0 amide bonds. The molecule has 2 saturated heterocycles. The number of fused-ring (bicyclic) bond motifs is 1. The van der Waals surface area contributed by atoms with Crippen LogP contribution >= 0.6 is 0 Å². The molecule has 2 aliphatic heterocycles. The van der Waals surface area contributed by atoms with Crippen molar-refractivity contribution in [2.75, 3.05) is 19.7 Å². The molecule has 2 atom stereocenters. The van der Waals surface area contributed by atoms with Gasteiger partial charge in [0.05, 0.1) is 12.7 Å². The third-order valence-electron chi connectivity index (χ3n) is 4.48. The topological polar surface area (TPSA) is 24.5 Å². The molecule has 2 unspecified atom stereocenters. The van der Waals surface area contributed by atoms with Gasteiger partial charge in [-0.25, -0.2) is 0 Å². The van der Waals surface area contributed by atoms with Crippen LogP contribution in [-0.2, 0) is 4.74 Å². The number of rotatable bonds is 6. The van der Waals surface area contributed by atoms with E-state index in [-0.39, 0.29) is 0 Å². The van der Waals surface area contributed by atoms with Crippen LogP contribution in [-0.4, -0.2) is 48.3 Å². The highest BCUT2D eigenvalue weighted by Crippen LogP contribution is 2.42. The van der Waals surface area contributed by atoms with Gasteiger partial charge in [-0.3, -0.25) is 4.90 Å². The standard InChI is InChI=1S/C15H30N2O/c1-12(2)16-10-14-6-8-15(11-18-13(3)4)7-5-9-17(14)15/h12-14,16H,5-11H2,1-4H3. The Kier molecular flexibility index (Phi) is 4.68. The molecule has 0 aromatic rings. The third-order valence-corrected chi connectivity index (χ3v) is 4.48. The van der Waals surface area contributed by atoms with E-state index in [0.717, 1.165) is 19.2 Å². The summed E-state index contributed by atoms with van der Waals surface area (Å²) in [6.45, 7) is 12.1. The van der Waals surface area contributed by atoms with E-state index in [1.165, 1.54) is 32.2 Å². The van der Waals surface area contributed by atoms with E-state index < -0.39 is 0 Å². The summed E-state index contributed by atoms with van der Waals surface area (Å²) in [5.41, 5.74) is 0.369. The highest BCUT2D eigenvalue weighted by molar-refractivity contribution is 5.05. The number of hydrogen-bond donors (Lipinski definition) is 1. The first kappa shape index (κ1) is 14.3. The summed E-state index contributed by atoms with van der Waals surface area (Å²) >= 11 is 0. The summed E-state index contributed by atoms with van der Waals surface area (Å²) < 4.78 is 5.94. The number of hydrogen-bond acceptors (Lipinski definition) is 3. The van der Waals surface area contributed by atoms with E-state index in [0.29, 0.717) is 17.7 Å². The molecule has 3 heteroatoms. The summed E-state index contributed by atoms with van der Waals surface area (Å²) in [5, 5.41) is 3.60. The Hall–Kier alpha value is -0.120. The maximum absolute atomic E-state index is 5.94. The summed E-state index contributed by atoms with van der Waals surface area (Å²) in [5.74, 6) is 0. The second-order valence-corrected chi connectivity index (χ2v) is 6.64. The van der Waals surface area contributed by atoms with Crippen molar-refractivity contribution in [3.63, 3.8) is 0 Å². The molecule has 18 heavy (non-hydrogen) atoms. The van der Waals surface area contributed by atoms with Crippen LogP contribution in [0.25, 0.3) is 0 Å². The summed E-state index contributed by atoms with van der Waals surface area (Å²) in [7, 11) is 0. The van der Waals surface area contributed by atoms with Gasteiger partial charge in [-0.1, -0.05) is 13.8 Å². The summed E-state index contributed by atoms with van der Waals surface area (Å²) in [6.07, 6.45) is 5.69. The molecule has 0 spiro atoms. The van der Waals surface area contributed by atoms with Crippen molar-refractivity contribution in [2.45, 2.75) is 77.1 Å². The molecular weight excluding hydrogens is 224 g/mol. The highest BCUT2D eigenvalue weighted by atomic mass is 16.5. The second-order valence-electron chi connectivity index (χ2n) is 6.64.